The van der Waals surface area contributed by atoms with Crippen LogP contribution in [0.2, 0.25) is 0 Å². The van der Waals surface area contributed by atoms with Crippen molar-refractivity contribution in [3.8, 4) is 0 Å². The Balaban J connectivity index is 5.15. The van der Waals surface area contributed by atoms with E-state index in [4.69, 9.17) is 16.6 Å². The second kappa shape index (κ2) is 14.9. The van der Waals surface area contributed by atoms with Crippen molar-refractivity contribution in [1.29, 1.82) is 0 Å². The third-order valence-electron chi connectivity index (χ3n) is 5.03. The maximum atomic E-state index is 12.7. The summed E-state index contributed by atoms with van der Waals surface area (Å²) in [5.41, 5.74) is 10.9. The predicted octanol–water partition coefficient (Wildman–Crippen LogP) is -3.07. The molecule has 0 heterocycles. The highest BCUT2D eigenvalue weighted by atomic mass is 16.4. The Morgan fingerprint density at radius 2 is 1.29 bits per heavy atom. The highest BCUT2D eigenvalue weighted by molar-refractivity contribution is 5.95. The van der Waals surface area contributed by atoms with Gasteiger partial charge in [-0.2, -0.15) is 0 Å². The van der Waals surface area contributed by atoms with Gasteiger partial charge in [-0.15, -0.1) is 0 Å². The van der Waals surface area contributed by atoms with Crippen molar-refractivity contribution >= 4 is 35.5 Å². The van der Waals surface area contributed by atoms with Gasteiger partial charge in [-0.05, 0) is 25.2 Å². The summed E-state index contributed by atoms with van der Waals surface area (Å²) in [5.74, 6) is -5.67. The summed E-state index contributed by atoms with van der Waals surface area (Å²) >= 11 is 0. The van der Waals surface area contributed by atoms with Gasteiger partial charge in [0.15, 0.2) is 0 Å². The number of nitrogens with two attached hydrogens (primary N) is 2. The zero-order valence-electron chi connectivity index (χ0n) is 20.7. The van der Waals surface area contributed by atoms with E-state index in [0.29, 0.717) is 0 Å². The van der Waals surface area contributed by atoms with E-state index in [1.165, 1.54) is 6.92 Å². The molecule has 0 saturated heterocycles. The van der Waals surface area contributed by atoms with Crippen LogP contribution in [-0.4, -0.2) is 82.5 Å². The second-order valence-corrected chi connectivity index (χ2v) is 8.91. The Bertz CT molecular complexity index is 786. The standard InChI is InChI=1S/C21H38N6O8/c1-9(2)15(18(23)32)25-13(29)8-24-20(34)16(10(3)4)26-21(35)17(11(5)28)27-19(33)12(22)6-7-14(30)31/h9-12,15-17,28H,6-8,22H2,1-5H3,(H2,23,32)(H,24,34)(H,25,29)(H,26,35)(H,27,33)(H,30,31)/t11-,12+,15+,16+,17+/m1/s1. The molecule has 35 heavy (non-hydrogen) atoms. The first-order valence-corrected chi connectivity index (χ1v) is 11.2. The molecule has 0 unspecified atom stereocenters. The van der Waals surface area contributed by atoms with Crippen LogP contribution in [0.4, 0.5) is 0 Å². The maximum Gasteiger partial charge on any atom is 0.303 e. The molecule has 0 radical (unpaired) electrons. The minimum atomic E-state index is -1.47. The zero-order chi connectivity index (χ0) is 27.5. The topological polar surface area (TPSA) is 243 Å². The molecule has 0 aliphatic heterocycles. The van der Waals surface area contributed by atoms with E-state index >= 15 is 0 Å². The van der Waals surface area contributed by atoms with Gasteiger partial charge in [0, 0.05) is 6.42 Å². The number of aliphatic hydroxyl groups excluding tert-OH is 1. The predicted molar refractivity (Wildman–Crippen MR) is 124 cm³/mol. The normalized spacial score (nSPS) is 15.3. The van der Waals surface area contributed by atoms with E-state index in [0.717, 1.165) is 0 Å². The van der Waals surface area contributed by atoms with Gasteiger partial charge in [-0.3, -0.25) is 28.8 Å². The molecule has 5 atom stereocenters. The van der Waals surface area contributed by atoms with Crippen molar-refractivity contribution in [1.82, 2.24) is 21.3 Å². The molecular weight excluding hydrogens is 464 g/mol. The molecule has 0 saturated carbocycles. The molecule has 0 aliphatic rings. The van der Waals surface area contributed by atoms with Crippen molar-refractivity contribution in [3.63, 3.8) is 0 Å². The minimum Gasteiger partial charge on any atom is -0.481 e. The third kappa shape index (κ3) is 11.6. The Labute approximate surface area is 203 Å². The Hall–Kier alpha value is -3.26. The number of carbonyl (C=O) groups is 6. The highest BCUT2D eigenvalue weighted by Crippen LogP contribution is 2.05. The van der Waals surface area contributed by atoms with Gasteiger partial charge in [0.1, 0.15) is 18.1 Å². The van der Waals surface area contributed by atoms with Gasteiger partial charge in [-0.1, -0.05) is 27.7 Å². The summed E-state index contributed by atoms with van der Waals surface area (Å²) in [6, 6.07) is -4.75. The van der Waals surface area contributed by atoms with Gasteiger partial charge in [0.2, 0.25) is 29.5 Å². The zero-order valence-corrected chi connectivity index (χ0v) is 20.7. The Kier molecular flexibility index (Phi) is 13.5. The Morgan fingerprint density at radius 1 is 0.771 bits per heavy atom. The fraction of sp³-hybridized carbons (Fsp3) is 0.714. The van der Waals surface area contributed by atoms with E-state index in [2.05, 4.69) is 21.3 Å². The fourth-order valence-corrected chi connectivity index (χ4v) is 2.92. The lowest BCUT2D eigenvalue weighted by Gasteiger charge is -2.27. The van der Waals surface area contributed by atoms with Crippen molar-refractivity contribution in [2.75, 3.05) is 6.54 Å². The van der Waals surface area contributed by atoms with E-state index in [9.17, 15) is 33.9 Å². The first kappa shape index (κ1) is 31.7. The van der Waals surface area contributed by atoms with Gasteiger partial charge in [-0.25, -0.2) is 0 Å². The molecule has 0 aromatic rings. The number of carboxylic acids is 1. The number of primary amides is 1. The van der Waals surface area contributed by atoms with Crippen molar-refractivity contribution in [3.05, 3.63) is 0 Å². The molecule has 10 N–H and O–H groups in total. The molecule has 5 amide bonds. The van der Waals surface area contributed by atoms with Crippen molar-refractivity contribution in [2.45, 2.75) is 77.7 Å². The summed E-state index contributed by atoms with van der Waals surface area (Å²) < 4.78 is 0. The van der Waals surface area contributed by atoms with Crippen molar-refractivity contribution in [2.24, 2.45) is 23.3 Å². The molecule has 200 valence electrons. The minimum absolute atomic E-state index is 0.179. The number of amides is 5. The van der Waals surface area contributed by atoms with Crippen LogP contribution in [0.3, 0.4) is 0 Å². The number of hydrogen-bond donors (Lipinski definition) is 8. The van der Waals surface area contributed by atoms with Crippen LogP contribution in [0.15, 0.2) is 0 Å². The molecule has 0 bridgehead atoms. The van der Waals surface area contributed by atoms with E-state index < -0.39 is 78.2 Å². The molecule has 14 nitrogen and oxygen atoms in total. The smallest absolute Gasteiger partial charge is 0.303 e. The van der Waals surface area contributed by atoms with Crippen LogP contribution in [0.25, 0.3) is 0 Å². The largest absolute Gasteiger partial charge is 0.481 e. The third-order valence-corrected chi connectivity index (χ3v) is 5.03. The monoisotopic (exact) mass is 502 g/mol. The van der Waals surface area contributed by atoms with Crippen LogP contribution < -0.4 is 32.7 Å². The lowest BCUT2D eigenvalue weighted by molar-refractivity contribution is -0.138. The van der Waals surface area contributed by atoms with E-state index in [1.54, 1.807) is 27.7 Å². The number of carbonyl (C=O) groups excluding carboxylic acids is 5. The van der Waals surface area contributed by atoms with Crippen LogP contribution in [0.5, 0.6) is 0 Å². The summed E-state index contributed by atoms with van der Waals surface area (Å²) in [4.78, 5) is 71.8. The van der Waals surface area contributed by atoms with Crippen LogP contribution in [0, 0.1) is 11.8 Å². The van der Waals surface area contributed by atoms with E-state index in [-0.39, 0.29) is 18.8 Å². The van der Waals surface area contributed by atoms with Gasteiger partial charge in [0.25, 0.3) is 0 Å². The summed E-state index contributed by atoms with van der Waals surface area (Å²) in [7, 11) is 0. The van der Waals surface area contributed by atoms with Gasteiger partial charge >= 0.3 is 5.97 Å². The second-order valence-electron chi connectivity index (χ2n) is 8.91. The lowest BCUT2D eigenvalue weighted by Crippen LogP contribution is -2.60. The number of hydrogen-bond acceptors (Lipinski definition) is 8. The Morgan fingerprint density at radius 3 is 1.71 bits per heavy atom. The SMILES string of the molecule is CC(C)[C@H](NC(=O)CNC(=O)[C@@H](NC(=O)[C@@H](NC(=O)[C@@H](N)CCC(=O)O)[C@@H](C)O)C(C)C)C(N)=O. The number of aliphatic carboxylic acids is 1. The molecule has 0 spiro atoms. The lowest BCUT2D eigenvalue weighted by atomic mass is 10.0. The summed E-state index contributed by atoms with van der Waals surface area (Å²) in [6.07, 6.45) is -1.91. The molecule has 0 aromatic carbocycles. The molecule has 0 fully saturated rings. The fourth-order valence-electron chi connectivity index (χ4n) is 2.92. The number of nitrogens with one attached hydrogen (secondary N) is 4. The van der Waals surface area contributed by atoms with Crippen LogP contribution in [-0.2, 0) is 28.8 Å². The molecule has 0 aliphatic carbocycles. The van der Waals surface area contributed by atoms with Gasteiger partial charge < -0.3 is 42.9 Å². The number of aliphatic hydroxyl groups is 1. The van der Waals surface area contributed by atoms with Gasteiger partial charge in [0.05, 0.1) is 18.7 Å². The number of rotatable bonds is 15. The first-order valence-electron chi connectivity index (χ1n) is 11.2. The first-order chi connectivity index (χ1) is 16.1. The van der Waals surface area contributed by atoms with Crippen LogP contribution in [0.1, 0.15) is 47.5 Å². The summed E-state index contributed by atoms with van der Waals surface area (Å²) in [6.45, 7) is 7.40. The van der Waals surface area contributed by atoms with Crippen molar-refractivity contribution < 1.29 is 39.0 Å². The quantitative estimate of drug-likeness (QED) is 0.113. The molecular formula is C21H38N6O8. The highest BCUT2D eigenvalue weighted by Gasteiger charge is 2.32. The molecule has 14 heteroatoms. The molecule has 0 aromatic heterocycles. The summed E-state index contributed by atoms with van der Waals surface area (Å²) in [5, 5.41) is 28.1. The average molecular weight is 503 g/mol. The number of carboxylic acid groups (broad SMARTS) is 1. The van der Waals surface area contributed by atoms with E-state index in [1.807, 2.05) is 0 Å². The average Bonchev–Trinajstić information content (AvgIpc) is 2.74. The maximum absolute atomic E-state index is 12.7. The molecule has 0 rings (SSSR count). The van der Waals surface area contributed by atoms with Crippen LogP contribution >= 0.6 is 0 Å².